The van der Waals surface area contributed by atoms with Crippen LogP contribution in [-0.4, -0.2) is 18.5 Å². The number of esters is 2. The summed E-state index contributed by atoms with van der Waals surface area (Å²) in [5, 5.41) is 0.262. The number of carbonyl (C=O) groups is 2. The molecule has 3 aromatic carbocycles. The van der Waals surface area contributed by atoms with Gasteiger partial charge in [0, 0.05) is 11.1 Å². The average Bonchev–Trinajstić information content (AvgIpc) is 2.87. The van der Waals surface area contributed by atoms with Gasteiger partial charge in [-0.2, -0.15) is 13.2 Å². The first-order valence-corrected chi connectivity index (χ1v) is 11.5. The molecule has 0 aliphatic heterocycles. The molecule has 0 N–H and O–H groups in total. The molecule has 0 atom stereocenters. The van der Waals surface area contributed by atoms with Crippen molar-refractivity contribution in [1.29, 1.82) is 0 Å². The molecule has 0 spiro atoms. The lowest BCUT2D eigenvalue weighted by Gasteiger charge is -2.14. The van der Waals surface area contributed by atoms with Crippen LogP contribution in [0.4, 0.5) is 13.2 Å². The number of halogens is 4. The molecular formula is C27H18ClF3O7. The van der Waals surface area contributed by atoms with E-state index < -0.39 is 40.6 Å². The van der Waals surface area contributed by atoms with Gasteiger partial charge in [0.15, 0.2) is 0 Å². The molecule has 1 aromatic heterocycles. The smallest absolute Gasteiger partial charge is 0.453 e. The van der Waals surface area contributed by atoms with Gasteiger partial charge in [0.25, 0.3) is 5.76 Å². The highest BCUT2D eigenvalue weighted by Gasteiger charge is 2.40. The third-order valence-electron chi connectivity index (χ3n) is 5.16. The first kappa shape index (κ1) is 26.7. The molecule has 0 aliphatic rings. The number of ether oxygens (including phenoxy) is 3. The maximum Gasteiger partial charge on any atom is 0.453 e. The van der Waals surface area contributed by atoms with Crippen LogP contribution in [0, 0.1) is 0 Å². The van der Waals surface area contributed by atoms with E-state index in [2.05, 4.69) is 0 Å². The number of carbonyl (C=O) groups excluding carboxylic acids is 2. The molecule has 38 heavy (non-hydrogen) atoms. The fraction of sp³-hybridized carbons (Fsp3) is 0.148. The van der Waals surface area contributed by atoms with E-state index in [0.29, 0.717) is 10.6 Å². The maximum atomic E-state index is 13.8. The lowest BCUT2D eigenvalue weighted by Crippen LogP contribution is -2.16. The third-order valence-corrected chi connectivity index (χ3v) is 5.41. The van der Waals surface area contributed by atoms with Crippen molar-refractivity contribution in [3.05, 3.63) is 98.9 Å². The van der Waals surface area contributed by atoms with Crippen LogP contribution in [0.15, 0.2) is 75.9 Å². The molecule has 7 nitrogen and oxygen atoms in total. The lowest BCUT2D eigenvalue weighted by molar-refractivity contribution is -0.154. The fourth-order valence-corrected chi connectivity index (χ4v) is 3.55. The third kappa shape index (κ3) is 6.15. The van der Waals surface area contributed by atoms with Crippen LogP contribution in [0.3, 0.4) is 0 Å². The predicted octanol–water partition coefficient (Wildman–Crippen LogP) is 6.58. The maximum absolute atomic E-state index is 13.8. The second-order valence-corrected chi connectivity index (χ2v) is 8.31. The van der Waals surface area contributed by atoms with Crippen molar-refractivity contribution in [3.63, 3.8) is 0 Å². The molecular weight excluding hydrogens is 529 g/mol. The zero-order chi connectivity index (χ0) is 27.4. The Kier molecular flexibility index (Phi) is 7.72. The zero-order valence-corrected chi connectivity index (χ0v) is 20.4. The number of hydrogen-bond donors (Lipinski definition) is 0. The highest BCUT2D eigenvalue weighted by molar-refractivity contribution is 6.30. The molecule has 0 saturated carbocycles. The summed E-state index contributed by atoms with van der Waals surface area (Å²) in [6.45, 7) is 1.77. The first-order valence-electron chi connectivity index (χ1n) is 11.1. The number of alkyl halides is 3. The Hall–Kier alpha value is -4.31. The number of fused-ring (bicyclic) bond motifs is 1. The van der Waals surface area contributed by atoms with Crippen molar-refractivity contribution in [2.45, 2.75) is 19.5 Å². The van der Waals surface area contributed by atoms with Crippen molar-refractivity contribution >= 4 is 34.5 Å². The Morgan fingerprint density at radius 3 is 2.24 bits per heavy atom. The second-order valence-electron chi connectivity index (χ2n) is 7.87. The predicted molar refractivity (Wildman–Crippen MR) is 131 cm³/mol. The Balaban J connectivity index is 1.63. The van der Waals surface area contributed by atoms with E-state index in [1.807, 2.05) is 0 Å². The Bertz CT molecular complexity index is 1540. The highest BCUT2D eigenvalue weighted by atomic mass is 35.5. The van der Waals surface area contributed by atoms with Crippen LogP contribution >= 0.6 is 11.6 Å². The summed E-state index contributed by atoms with van der Waals surface area (Å²) in [6, 6.07) is 14.9. The van der Waals surface area contributed by atoms with Crippen molar-refractivity contribution in [1.82, 2.24) is 0 Å². The summed E-state index contributed by atoms with van der Waals surface area (Å²) in [5.41, 5.74) is -0.779. The van der Waals surface area contributed by atoms with Crippen LogP contribution in [0.5, 0.6) is 17.2 Å². The number of rotatable bonds is 7. The van der Waals surface area contributed by atoms with Gasteiger partial charge in [-0.25, -0.2) is 4.79 Å². The summed E-state index contributed by atoms with van der Waals surface area (Å²) in [4.78, 5) is 37.1. The Morgan fingerprint density at radius 1 is 0.947 bits per heavy atom. The van der Waals surface area contributed by atoms with Gasteiger partial charge in [-0.15, -0.1) is 0 Å². The minimum atomic E-state index is -5.09. The molecule has 196 valence electrons. The molecule has 1 heterocycles. The Morgan fingerprint density at radius 2 is 1.61 bits per heavy atom. The minimum Gasteiger partial charge on any atom is -0.462 e. The summed E-state index contributed by atoms with van der Waals surface area (Å²) in [6.07, 6.45) is -5.20. The van der Waals surface area contributed by atoms with E-state index in [1.165, 1.54) is 36.4 Å². The van der Waals surface area contributed by atoms with Gasteiger partial charge in [-0.05, 0) is 61.0 Å². The molecule has 0 amide bonds. The van der Waals surface area contributed by atoms with Gasteiger partial charge in [-0.1, -0.05) is 23.7 Å². The average molecular weight is 547 g/mol. The van der Waals surface area contributed by atoms with Gasteiger partial charge < -0.3 is 18.6 Å². The molecule has 0 aliphatic carbocycles. The Labute approximate surface area is 218 Å². The number of hydrogen-bond acceptors (Lipinski definition) is 7. The van der Waals surface area contributed by atoms with E-state index in [4.69, 9.17) is 30.2 Å². The zero-order valence-electron chi connectivity index (χ0n) is 19.6. The molecule has 0 bridgehead atoms. The van der Waals surface area contributed by atoms with E-state index >= 15 is 0 Å². The van der Waals surface area contributed by atoms with Gasteiger partial charge in [0.05, 0.1) is 24.0 Å². The topological polar surface area (TPSA) is 92.0 Å². The largest absolute Gasteiger partial charge is 0.462 e. The summed E-state index contributed by atoms with van der Waals surface area (Å²) >= 11 is 5.82. The highest BCUT2D eigenvalue weighted by Crippen LogP contribution is 2.38. The fourth-order valence-electron chi connectivity index (χ4n) is 3.43. The van der Waals surface area contributed by atoms with Crippen molar-refractivity contribution in [2.75, 3.05) is 6.61 Å². The van der Waals surface area contributed by atoms with Gasteiger partial charge in [0.1, 0.15) is 17.1 Å². The van der Waals surface area contributed by atoms with Crippen LogP contribution in [0.2, 0.25) is 5.02 Å². The van der Waals surface area contributed by atoms with Gasteiger partial charge >= 0.3 is 18.1 Å². The van der Waals surface area contributed by atoms with Crippen LogP contribution in [0.1, 0.15) is 28.6 Å². The lowest BCUT2D eigenvalue weighted by atomic mass is 10.1. The van der Waals surface area contributed by atoms with E-state index in [0.717, 1.165) is 6.07 Å². The molecule has 0 unspecified atom stereocenters. The van der Waals surface area contributed by atoms with Gasteiger partial charge in [0.2, 0.25) is 11.2 Å². The molecule has 0 fully saturated rings. The van der Waals surface area contributed by atoms with E-state index in [1.54, 1.807) is 31.2 Å². The van der Waals surface area contributed by atoms with E-state index in [9.17, 15) is 27.6 Å². The monoisotopic (exact) mass is 546 g/mol. The minimum absolute atomic E-state index is 0.115. The normalized spacial score (nSPS) is 11.3. The van der Waals surface area contributed by atoms with E-state index in [-0.39, 0.29) is 35.5 Å². The molecule has 0 radical (unpaired) electrons. The molecule has 0 saturated heterocycles. The molecule has 4 aromatic rings. The van der Waals surface area contributed by atoms with Crippen LogP contribution in [0.25, 0.3) is 11.0 Å². The summed E-state index contributed by atoms with van der Waals surface area (Å²) in [7, 11) is 0. The standard InChI is InChI=1S/C27H18ClF3O7/c1-2-35-26(34)16-5-9-18(10-6-16)37-24-23(33)20-12-11-19(14-21(20)38-25(24)27(29,30)31)36-22(32)13-15-3-7-17(28)8-4-15/h3-12,14H,2,13H2,1H3. The number of benzene rings is 3. The van der Waals surface area contributed by atoms with Crippen LogP contribution < -0.4 is 14.9 Å². The quantitative estimate of drug-likeness (QED) is 0.191. The van der Waals surface area contributed by atoms with Crippen molar-refractivity contribution in [3.8, 4) is 17.2 Å². The second kappa shape index (κ2) is 11.0. The summed E-state index contributed by atoms with van der Waals surface area (Å²) in [5.74, 6) is -4.31. The molecule has 11 heteroatoms. The molecule has 4 rings (SSSR count). The SMILES string of the molecule is CCOC(=O)c1ccc(Oc2c(C(F)(F)F)oc3cc(OC(=O)Cc4ccc(Cl)cc4)ccc3c2=O)cc1. The summed E-state index contributed by atoms with van der Waals surface area (Å²) < 4.78 is 61.8. The van der Waals surface area contributed by atoms with Crippen molar-refractivity contribution in [2.24, 2.45) is 0 Å². The first-order chi connectivity index (χ1) is 18.0. The van der Waals surface area contributed by atoms with Crippen molar-refractivity contribution < 1.29 is 41.4 Å². The van der Waals surface area contributed by atoms with Crippen LogP contribution in [-0.2, 0) is 22.1 Å². The van der Waals surface area contributed by atoms with Gasteiger partial charge in [-0.3, -0.25) is 9.59 Å².